The van der Waals surface area contributed by atoms with Gasteiger partial charge in [-0.2, -0.15) is 0 Å². The fourth-order valence-corrected chi connectivity index (χ4v) is 3.19. The van der Waals surface area contributed by atoms with Crippen LogP contribution in [0, 0.1) is 0 Å². The van der Waals surface area contributed by atoms with Gasteiger partial charge in [0, 0.05) is 16.2 Å². The lowest BCUT2D eigenvalue weighted by Gasteiger charge is -2.06. The van der Waals surface area contributed by atoms with E-state index < -0.39 is 0 Å². The standard InChI is InChI=1S/C15H10Cl2N2S/c16-11-7-5-10(6-8-11)9-20-14-12-3-1-2-4-13(12)18-15(17)19-14/h1-8H,9H2. The van der Waals surface area contributed by atoms with E-state index in [1.807, 2.05) is 48.5 Å². The van der Waals surface area contributed by atoms with Crippen molar-refractivity contribution in [1.82, 2.24) is 9.97 Å². The molecule has 2 nitrogen and oxygen atoms in total. The Hall–Kier alpha value is -1.29. The van der Waals surface area contributed by atoms with Crippen molar-refractivity contribution in [1.29, 1.82) is 0 Å². The fourth-order valence-electron chi connectivity index (χ4n) is 1.86. The van der Waals surface area contributed by atoms with Crippen molar-refractivity contribution in [2.75, 3.05) is 0 Å². The van der Waals surface area contributed by atoms with E-state index in [0.29, 0.717) is 0 Å². The summed E-state index contributed by atoms with van der Waals surface area (Å²) in [7, 11) is 0. The van der Waals surface area contributed by atoms with E-state index in [1.165, 1.54) is 5.56 Å². The molecule has 1 heterocycles. The van der Waals surface area contributed by atoms with Crippen LogP contribution in [-0.2, 0) is 5.75 Å². The number of rotatable bonds is 3. The van der Waals surface area contributed by atoms with Gasteiger partial charge in [0.05, 0.1) is 5.52 Å². The summed E-state index contributed by atoms with van der Waals surface area (Å²) in [5, 5.41) is 2.95. The first-order chi connectivity index (χ1) is 9.72. The quantitative estimate of drug-likeness (QED) is 0.375. The molecule has 0 amide bonds. The van der Waals surface area contributed by atoms with Gasteiger partial charge in [-0.05, 0) is 35.4 Å². The molecule has 0 radical (unpaired) electrons. The summed E-state index contributed by atoms with van der Waals surface area (Å²) in [5.74, 6) is 0.814. The van der Waals surface area contributed by atoms with E-state index in [0.717, 1.165) is 26.7 Å². The average Bonchev–Trinajstić information content (AvgIpc) is 2.46. The van der Waals surface area contributed by atoms with Crippen molar-refractivity contribution < 1.29 is 0 Å². The summed E-state index contributed by atoms with van der Waals surface area (Å²) < 4.78 is 0. The maximum atomic E-state index is 5.97. The number of para-hydroxylation sites is 1. The first-order valence-electron chi connectivity index (χ1n) is 6.02. The van der Waals surface area contributed by atoms with Crippen LogP contribution in [0.25, 0.3) is 10.9 Å². The monoisotopic (exact) mass is 320 g/mol. The Morgan fingerprint density at radius 2 is 1.65 bits per heavy atom. The second-order valence-electron chi connectivity index (χ2n) is 4.23. The lowest BCUT2D eigenvalue weighted by molar-refractivity contribution is 1.10. The van der Waals surface area contributed by atoms with E-state index in [1.54, 1.807) is 11.8 Å². The predicted molar refractivity (Wildman–Crippen MR) is 85.6 cm³/mol. The highest BCUT2D eigenvalue weighted by Crippen LogP contribution is 2.29. The van der Waals surface area contributed by atoms with Gasteiger partial charge in [0.1, 0.15) is 5.03 Å². The van der Waals surface area contributed by atoms with Crippen molar-refractivity contribution in [3.05, 3.63) is 64.4 Å². The van der Waals surface area contributed by atoms with Crippen LogP contribution in [0.5, 0.6) is 0 Å². The minimum absolute atomic E-state index is 0.280. The van der Waals surface area contributed by atoms with Crippen molar-refractivity contribution in [2.24, 2.45) is 0 Å². The summed E-state index contributed by atoms with van der Waals surface area (Å²) in [6, 6.07) is 15.7. The molecular formula is C15H10Cl2N2S. The van der Waals surface area contributed by atoms with E-state index in [4.69, 9.17) is 23.2 Å². The maximum Gasteiger partial charge on any atom is 0.224 e. The SMILES string of the molecule is Clc1ccc(CSc2nc(Cl)nc3ccccc23)cc1. The van der Waals surface area contributed by atoms with E-state index >= 15 is 0 Å². The average molecular weight is 321 g/mol. The third-order valence-corrected chi connectivity index (χ3v) is 4.31. The zero-order chi connectivity index (χ0) is 13.9. The lowest BCUT2D eigenvalue weighted by atomic mass is 10.2. The second kappa shape index (κ2) is 6.00. The predicted octanol–water partition coefficient (Wildman–Crippen LogP) is 5.23. The molecule has 0 aliphatic rings. The number of fused-ring (bicyclic) bond motifs is 1. The van der Waals surface area contributed by atoms with Crippen LogP contribution in [0.15, 0.2) is 53.6 Å². The van der Waals surface area contributed by atoms with Crippen LogP contribution in [0.1, 0.15) is 5.56 Å². The van der Waals surface area contributed by atoms with Gasteiger partial charge in [0.2, 0.25) is 5.28 Å². The molecule has 0 spiro atoms. The minimum atomic E-state index is 0.280. The largest absolute Gasteiger partial charge is 0.224 e. The minimum Gasteiger partial charge on any atom is -0.218 e. The molecule has 2 aromatic carbocycles. The molecule has 0 bridgehead atoms. The number of nitrogens with zero attached hydrogens (tertiary/aromatic N) is 2. The summed E-state index contributed by atoms with van der Waals surface area (Å²) in [6.07, 6.45) is 0. The highest BCUT2D eigenvalue weighted by atomic mass is 35.5. The molecule has 0 fully saturated rings. The fraction of sp³-hybridized carbons (Fsp3) is 0.0667. The maximum absolute atomic E-state index is 5.97. The van der Waals surface area contributed by atoms with E-state index in [2.05, 4.69) is 9.97 Å². The molecule has 0 saturated heterocycles. The Labute approximate surface area is 131 Å². The zero-order valence-electron chi connectivity index (χ0n) is 10.4. The normalized spacial score (nSPS) is 10.9. The molecule has 0 unspecified atom stereocenters. The second-order valence-corrected chi connectivity index (χ2v) is 5.97. The number of benzene rings is 2. The van der Waals surface area contributed by atoms with Gasteiger partial charge in [0.25, 0.3) is 0 Å². The number of hydrogen-bond acceptors (Lipinski definition) is 3. The highest BCUT2D eigenvalue weighted by Gasteiger charge is 2.07. The molecule has 0 saturated carbocycles. The van der Waals surface area contributed by atoms with Gasteiger partial charge in [0.15, 0.2) is 0 Å². The molecule has 20 heavy (non-hydrogen) atoms. The number of aromatic nitrogens is 2. The van der Waals surface area contributed by atoms with Crippen molar-refractivity contribution >= 4 is 45.9 Å². The highest BCUT2D eigenvalue weighted by molar-refractivity contribution is 7.98. The molecule has 1 aromatic heterocycles. The molecule has 3 rings (SSSR count). The first-order valence-corrected chi connectivity index (χ1v) is 7.76. The smallest absolute Gasteiger partial charge is 0.218 e. The van der Waals surface area contributed by atoms with E-state index in [9.17, 15) is 0 Å². The molecule has 0 aliphatic carbocycles. The first kappa shape index (κ1) is 13.7. The third kappa shape index (κ3) is 3.06. The topological polar surface area (TPSA) is 25.8 Å². The third-order valence-electron chi connectivity index (χ3n) is 2.83. The number of thioether (sulfide) groups is 1. The van der Waals surface area contributed by atoms with Crippen LogP contribution >= 0.6 is 35.0 Å². The Morgan fingerprint density at radius 3 is 2.45 bits per heavy atom. The molecule has 3 aromatic rings. The van der Waals surface area contributed by atoms with Gasteiger partial charge in [-0.25, -0.2) is 9.97 Å². The van der Waals surface area contributed by atoms with Gasteiger partial charge >= 0.3 is 0 Å². The summed E-state index contributed by atoms with van der Waals surface area (Å²) >= 11 is 13.5. The van der Waals surface area contributed by atoms with Crippen LogP contribution in [0.2, 0.25) is 10.3 Å². The Kier molecular flexibility index (Phi) is 4.10. The summed E-state index contributed by atoms with van der Waals surface area (Å²) in [4.78, 5) is 8.55. The Balaban J connectivity index is 1.88. The van der Waals surface area contributed by atoms with Crippen LogP contribution in [0.4, 0.5) is 0 Å². The number of hydrogen-bond donors (Lipinski definition) is 0. The van der Waals surface area contributed by atoms with Crippen molar-refractivity contribution in [3.63, 3.8) is 0 Å². The van der Waals surface area contributed by atoms with Crippen LogP contribution in [-0.4, -0.2) is 9.97 Å². The van der Waals surface area contributed by atoms with Gasteiger partial charge in [-0.15, -0.1) is 11.8 Å². The van der Waals surface area contributed by atoms with E-state index in [-0.39, 0.29) is 5.28 Å². The zero-order valence-corrected chi connectivity index (χ0v) is 12.7. The van der Waals surface area contributed by atoms with Gasteiger partial charge < -0.3 is 0 Å². The molecule has 0 atom stereocenters. The summed E-state index contributed by atoms with van der Waals surface area (Å²) in [5.41, 5.74) is 2.06. The Morgan fingerprint density at radius 1 is 0.900 bits per heavy atom. The molecule has 100 valence electrons. The van der Waals surface area contributed by atoms with Crippen molar-refractivity contribution in [2.45, 2.75) is 10.8 Å². The molecule has 5 heteroatoms. The van der Waals surface area contributed by atoms with Crippen LogP contribution < -0.4 is 0 Å². The Bertz CT molecular complexity index is 744. The van der Waals surface area contributed by atoms with Crippen molar-refractivity contribution in [3.8, 4) is 0 Å². The summed E-state index contributed by atoms with van der Waals surface area (Å²) in [6.45, 7) is 0. The van der Waals surface area contributed by atoms with Gasteiger partial charge in [-0.3, -0.25) is 0 Å². The van der Waals surface area contributed by atoms with Gasteiger partial charge in [-0.1, -0.05) is 41.9 Å². The lowest BCUT2D eigenvalue weighted by Crippen LogP contribution is -1.90. The number of halogens is 2. The molecule has 0 aliphatic heterocycles. The molecular weight excluding hydrogens is 311 g/mol. The molecule has 0 N–H and O–H groups in total. The van der Waals surface area contributed by atoms with Crippen LogP contribution in [0.3, 0.4) is 0 Å².